The van der Waals surface area contributed by atoms with E-state index in [4.69, 9.17) is 4.74 Å². The maximum Gasteiger partial charge on any atom is 0.225 e. The zero-order valence-corrected chi connectivity index (χ0v) is 11.6. The molecule has 2 heterocycles. The topological polar surface area (TPSA) is 64.1 Å². The van der Waals surface area contributed by atoms with Crippen LogP contribution >= 0.6 is 15.9 Å². The maximum atomic E-state index is 11.7. The molecule has 1 aliphatic heterocycles. The standard InChI is InChI=1S/C12H16BrN3O2/c13-10-7-15-11(8-14-10)16-12(17)5-4-9-3-1-2-6-18-9/h7-9H,1-6H2,(H,15,16,17). The Hall–Kier alpha value is -1.01. The molecule has 0 radical (unpaired) electrons. The molecule has 2 rings (SSSR count). The van der Waals surface area contributed by atoms with Gasteiger partial charge in [0.2, 0.25) is 5.91 Å². The molecule has 5 nitrogen and oxygen atoms in total. The van der Waals surface area contributed by atoms with Crippen molar-refractivity contribution in [1.82, 2.24) is 9.97 Å². The van der Waals surface area contributed by atoms with Crippen molar-refractivity contribution in [2.45, 2.75) is 38.2 Å². The van der Waals surface area contributed by atoms with E-state index >= 15 is 0 Å². The zero-order valence-electron chi connectivity index (χ0n) is 10.1. The molecule has 0 bridgehead atoms. The number of hydrogen-bond donors (Lipinski definition) is 1. The Balaban J connectivity index is 1.73. The molecule has 0 aromatic carbocycles. The number of carbonyl (C=O) groups excluding carboxylic acids is 1. The molecular formula is C12H16BrN3O2. The van der Waals surface area contributed by atoms with E-state index in [9.17, 15) is 4.79 Å². The molecule has 1 aliphatic rings. The molecule has 1 amide bonds. The summed E-state index contributed by atoms with van der Waals surface area (Å²) in [7, 11) is 0. The van der Waals surface area contributed by atoms with Gasteiger partial charge in [-0.2, -0.15) is 0 Å². The van der Waals surface area contributed by atoms with Gasteiger partial charge in [-0.25, -0.2) is 9.97 Å². The van der Waals surface area contributed by atoms with Crippen LogP contribution in [0.15, 0.2) is 17.0 Å². The third-order valence-electron chi connectivity index (χ3n) is 2.86. The summed E-state index contributed by atoms with van der Waals surface area (Å²) in [5, 5.41) is 2.72. The Bertz CT molecular complexity index is 391. The van der Waals surface area contributed by atoms with Gasteiger partial charge in [-0.05, 0) is 41.6 Å². The van der Waals surface area contributed by atoms with E-state index in [1.165, 1.54) is 12.6 Å². The first kappa shape index (κ1) is 13.4. The van der Waals surface area contributed by atoms with Crippen molar-refractivity contribution in [2.24, 2.45) is 0 Å². The largest absolute Gasteiger partial charge is 0.378 e. The molecule has 0 aliphatic carbocycles. The molecule has 98 valence electrons. The molecular weight excluding hydrogens is 298 g/mol. The number of amides is 1. The first-order valence-electron chi connectivity index (χ1n) is 6.13. The van der Waals surface area contributed by atoms with Crippen LogP contribution < -0.4 is 5.32 Å². The normalized spacial score (nSPS) is 19.5. The van der Waals surface area contributed by atoms with Crippen LogP contribution in [0.3, 0.4) is 0 Å². The second-order valence-corrected chi connectivity index (χ2v) is 5.11. The van der Waals surface area contributed by atoms with Crippen molar-refractivity contribution >= 4 is 27.7 Å². The third kappa shape index (κ3) is 4.34. The van der Waals surface area contributed by atoms with E-state index < -0.39 is 0 Å². The highest BCUT2D eigenvalue weighted by molar-refractivity contribution is 9.10. The molecule has 6 heteroatoms. The van der Waals surface area contributed by atoms with E-state index in [2.05, 4.69) is 31.2 Å². The molecule has 1 atom stereocenters. The number of hydrogen-bond acceptors (Lipinski definition) is 4. The second kappa shape index (κ2) is 6.80. The highest BCUT2D eigenvalue weighted by Gasteiger charge is 2.15. The smallest absolute Gasteiger partial charge is 0.225 e. The second-order valence-electron chi connectivity index (χ2n) is 4.30. The third-order valence-corrected chi connectivity index (χ3v) is 3.26. The van der Waals surface area contributed by atoms with Crippen LogP contribution in [0.2, 0.25) is 0 Å². The van der Waals surface area contributed by atoms with Gasteiger partial charge in [-0.3, -0.25) is 4.79 Å². The van der Waals surface area contributed by atoms with Gasteiger partial charge in [0.05, 0.1) is 18.5 Å². The Morgan fingerprint density at radius 2 is 2.33 bits per heavy atom. The van der Waals surface area contributed by atoms with Gasteiger partial charge in [0.15, 0.2) is 5.82 Å². The van der Waals surface area contributed by atoms with Gasteiger partial charge in [0.1, 0.15) is 4.60 Å². The van der Waals surface area contributed by atoms with E-state index in [1.807, 2.05) is 0 Å². The minimum atomic E-state index is -0.0409. The number of nitrogens with one attached hydrogen (secondary N) is 1. The lowest BCUT2D eigenvalue weighted by molar-refractivity contribution is -0.117. The summed E-state index contributed by atoms with van der Waals surface area (Å²) in [6.45, 7) is 0.824. The fourth-order valence-electron chi connectivity index (χ4n) is 1.91. The molecule has 0 spiro atoms. The van der Waals surface area contributed by atoms with Gasteiger partial charge >= 0.3 is 0 Å². The SMILES string of the molecule is O=C(CCC1CCCCO1)Nc1cnc(Br)cn1. The first-order chi connectivity index (χ1) is 8.74. The summed E-state index contributed by atoms with van der Waals surface area (Å²) in [4.78, 5) is 19.7. The number of carbonyl (C=O) groups is 1. The van der Waals surface area contributed by atoms with E-state index in [1.54, 1.807) is 6.20 Å². The number of halogens is 1. The van der Waals surface area contributed by atoms with Crippen molar-refractivity contribution in [3.8, 4) is 0 Å². The summed E-state index contributed by atoms with van der Waals surface area (Å²) in [6.07, 6.45) is 7.95. The average molecular weight is 314 g/mol. The van der Waals surface area contributed by atoms with Crippen molar-refractivity contribution in [1.29, 1.82) is 0 Å². The van der Waals surface area contributed by atoms with E-state index in [0.29, 0.717) is 16.8 Å². The Morgan fingerprint density at radius 1 is 1.44 bits per heavy atom. The van der Waals surface area contributed by atoms with Crippen molar-refractivity contribution < 1.29 is 9.53 Å². The quantitative estimate of drug-likeness (QED) is 0.927. The van der Waals surface area contributed by atoms with Gasteiger partial charge in [0.25, 0.3) is 0 Å². The highest BCUT2D eigenvalue weighted by atomic mass is 79.9. The minimum Gasteiger partial charge on any atom is -0.378 e. The van der Waals surface area contributed by atoms with Crippen LogP contribution in [-0.2, 0) is 9.53 Å². The molecule has 1 fully saturated rings. The summed E-state index contributed by atoms with van der Waals surface area (Å²) in [5.74, 6) is 0.438. The maximum absolute atomic E-state index is 11.7. The Labute approximate surface area is 114 Å². The van der Waals surface area contributed by atoms with Crippen LogP contribution in [0.25, 0.3) is 0 Å². The molecule has 1 aromatic heterocycles. The fraction of sp³-hybridized carbons (Fsp3) is 0.583. The lowest BCUT2D eigenvalue weighted by atomic mass is 10.0. The highest BCUT2D eigenvalue weighted by Crippen LogP contribution is 2.17. The van der Waals surface area contributed by atoms with Crippen LogP contribution in [0.4, 0.5) is 5.82 Å². The van der Waals surface area contributed by atoms with Gasteiger partial charge in [-0.1, -0.05) is 0 Å². The monoisotopic (exact) mass is 313 g/mol. The molecule has 1 saturated heterocycles. The molecule has 1 aromatic rings. The fourth-order valence-corrected chi connectivity index (χ4v) is 2.11. The van der Waals surface area contributed by atoms with Crippen LogP contribution in [0, 0.1) is 0 Å². The summed E-state index contributed by atoms with van der Waals surface area (Å²) >= 11 is 3.19. The summed E-state index contributed by atoms with van der Waals surface area (Å²) in [6, 6.07) is 0. The predicted molar refractivity (Wildman–Crippen MR) is 71.2 cm³/mol. The molecule has 1 N–H and O–H groups in total. The van der Waals surface area contributed by atoms with Gasteiger partial charge < -0.3 is 10.1 Å². The van der Waals surface area contributed by atoms with Gasteiger partial charge in [0, 0.05) is 13.0 Å². The number of aromatic nitrogens is 2. The lowest BCUT2D eigenvalue weighted by Crippen LogP contribution is -2.22. The number of anilines is 1. The number of nitrogens with zero attached hydrogens (tertiary/aromatic N) is 2. The Morgan fingerprint density at radius 3 is 3.00 bits per heavy atom. The zero-order chi connectivity index (χ0) is 12.8. The minimum absolute atomic E-state index is 0.0409. The van der Waals surface area contributed by atoms with Crippen molar-refractivity contribution in [3.05, 3.63) is 17.0 Å². The van der Waals surface area contributed by atoms with E-state index in [-0.39, 0.29) is 12.0 Å². The van der Waals surface area contributed by atoms with Crippen LogP contribution in [0.1, 0.15) is 32.1 Å². The van der Waals surface area contributed by atoms with E-state index in [0.717, 1.165) is 25.9 Å². The van der Waals surface area contributed by atoms with Crippen LogP contribution in [-0.4, -0.2) is 28.6 Å². The number of rotatable bonds is 4. The molecule has 0 saturated carbocycles. The molecule has 1 unspecified atom stereocenters. The predicted octanol–water partition coefficient (Wildman–Crippen LogP) is 2.53. The van der Waals surface area contributed by atoms with Crippen molar-refractivity contribution in [3.63, 3.8) is 0 Å². The van der Waals surface area contributed by atoms with Crippen molar-refractivity contribution in [2.75, 3.05) is 11.9 Å². The lowest BCUT2D eigenvalue weighted by Gasteiger charge is -2.22. The number of ether oxygens (including phenoxy) is 1. The Kier molecular flexibility index (Phi) is 5.07. The summed E-state index contributed by atoms with van der Waals surface area (Å²) in [5.41, 5.74) is 0. The van der Waals surface area contributed by atoms with Crippen LogP contribution in [0.5, 0.6) is 0 Å². The first-order valence-corrected chi connectivity index (χ1v) is 6.92. The van der Waals surface area contributed by atoms with Gasteiger partial charge in [-0.15, -0.1) is 0 Å². The average Bonchev–Trinajstić information content (AvgIpc) is 2.40. The molecule has 18 heavy (non-hydrogen) atoms. The summed E-state index contributed by atoms with van der Waals surface area (Å²) < 4.78 is 6.23.